The van der Waals surface area contributed by atoms with E-state index in [9.17, 15) is 9.59 Å². The third-order valence-corrected chi connectivity index (χ3v) is 1.91. The van der Waals surface area contributed by atoms with Gasteiger partial charge in [-0.25, -0.2) is 4.98 Å². The van der Waals surface area contributed by atoms with Crippen LogP contribution in [0.15, 0.2) is 10.9 Å². The molecule has 1 aromatic rings. The summed E-state index contributed by atoms with van der Waals surface area (Å²) in [6.45, 7) is 3.83. The Labute approximate surface area is 87.5 Å². The number of nitrogens with one attached hydrogen (secondary N) is 1. The second-order valence-electron chi connectivity index (χ2n) is 3.53. The lowest BCUT2D eigenvalue weighted by atomic mass is 10.2. The lowest BCUT2D eigenvalue weighted by Gasteiger charge is -2.05. The maximum absolute atomic E-state index is 11.2. The van der Waals surface area contributed by atoms with Gasteiger partial charge in [-0.1, -0.05) is 13.8 Å². The van der Waals surface area contributed by atoms with Crippen LogP contribution in [0.3, 0.4) is 0 Å². The average Bonchev–Trinajstić information content (AvgIpc) is 2.16. The van der Waals surface area contributed by atoms with E-state index < -0.39 is 5.97 Å². The van der Waals surface area contributed by atoms with Crippen LogP contribution >= 0.6 is 0 Å². The van der Waals surface area contributed by atoms with Crippen molar-refractivity contribution in [3.63, 3.8) is 0 Å². The second kappa shape index (κ2) is 4.72. The standard InChI is InChI=1S/C10H14N2O3/c1-6(2)10-11-7(4-8(13)12-10)5-9(14)15-3/h4,6H,5H2,1-3H3,(H,11,12,13). The maximum atomic E-state index is 11.2. The molecule has 15 heavy (non-hydrogen) atoms. The van der Waals surface area contributed by atoms with Gasteiger partial charge in [0.25, 0.3) is 5.56 Å². The largest absolute Gasteiger partial charge is 0.469 e. The van der Waals surface area contributed by atoms with Crippen LogP contribution in [0.25, 0.3) is 0 Å². The van der Waals surface area contributed by atoms with Crippen LogP contribution in [0, 0.1) is 0 Å². The highest BCUT2D eigenvalue weighted by atomic mass is 16.5. The number of carbonyl (C=O) groups is 1. The number of aromatic nitrogens is 2. The second-order valence-corrected chi connectivity index (χ2v) is 3.53. The number of hydrogen-bond acceptors (Lipinski definition) is 4. The van der Waals surface area contributed by atoms with Gasteiger partial charge in [-0.2, -0.15) is 0 Å². The Balaban J connectivity index is 2.99. The molecular formula is C10H14N2O3. The monoisotopic (exact) mass is 210 g/mol. The number of ether oxygens (including phenoxy) is 1. The molecule has 0 spiro atoms. The maximum Gasteiger partial charge on any atom is 0.311 e. The van der Waals surface area contributed by atoms with Crippen molar-refractivity contribution in [2.45, 2.75) is 26.2 Å². The molecule has 0 atom stereocenters. The molecule has 82 valence electrons. The van der Waals surface area contributed by atoms with Crippen LogP contribution in [0.5, 0.6) is 0 Å². The lowest BCUT2D eigenvalue weighted by molar-refractivity contribution is -0.139. The fourth-order valence-electron chi connectivity index (χ4n) is 1.11. The minimum Gasteiger partial charge on any atom is -0.469 e. The molecule has 5 heteroatoms. The van der Waals surface area contributed by atoms with Crippen molar-refractivity contribution in [2.24, 2.45) is 0 Å². The molecule has 0 aromatic carbocycles. The lowest BCUT2D eigenvalue weighted by Crippen LogP contribution is -2.16. The van der Waals surface area contributed by atoms with Crippen LogP contribution in [0.2, 0.25) is 0 Å². The number of hydrogen-bond donors (Lipinski definition) is 1. The summed E-state index contributed by atoms with van der Waals surface area (Å²) in [5.74, 6) is 0.305. The van der Waals surface area contributed by atoms with E-state index in [4.69, 9.17) is 0 Å². The summed E-state index contributed by atoms with van der Waals surface area (Å²) in [4.78, 5) is 29.0. The van der Waals surface area contributed by atoms with Crippen molar-refractivity contribution in [1.82, 2.24) is 9.97 Å². The summed E-state index contributed by atoms with van der Waals surface area (Å²) in [5, 5.41) is 0. The van der Waals surface area contributed by atoms with Crippen molar-refractivity contribution in [2.75, 3.05) is 7.11 Å². The molecule has 1 N–H and O–H groups in total. The fraction of sp³-hybridized carbons (Fsp3) is 0.500. The van der Waals surface area contributed by atoms with E-state index in [1.807, 2.05) is 13.8 Å². The number of methoxy groups -OCH3 is 1. The molecule has 1 heterocycles. The molecule has 1 rings (SSSR count). The quantitative estimate of drug-likeness (QED) is 0.742. The Morgan fingerprint density at radius 1 is 1.60 bits per heavy atom. The first-order valence-corrected chi connectivity index (χ1v) is 4.70. The Morgan fingerprint density at radius 2 is 2.27 bits per heavy atom. The molecule has 0 radical (unpaired) electrons. The first kappa shape index (κ1) is 11.4. The van der Waals surface area contributed by atoms with Crippen LogP contribution in [-0.4, -0.2) is 23.0 Å². The summed E-state index contributed by atoms with van der Waals surface area (Å²) in [6, 6.07) is 1.31. The average molecular weight is 210 g/mol. The summed E-state index contributed by atoms with van der Waals surface area (Å²) >= 11 is 0. The summed E-state index contributed by atoms with van der Waals surface area (Å²) in [7, 11) is 1.30. The van der Waals surface area contributed by atoms with Crippen molar-refractivity contribution in [1.29, 1.82) is 0 Å². The van der Waals surface area contributed by atoms with Gasteiger partial charge in [0.05, 0.1) is 19.2 Å². The summed E-state index contributed by atoms with van der Waals surface area (Å²) in [5.41, 5.74) is 0.196. The van der Waals surface area contributed by atoms with Crippen LogP contribution < -0.4 is 5.56 Å². The molecule has 0 bridgehead atoms. The summed E-state index contributed by atoms with van der Waals surface area (Å²) in [6.07, 6.45) is 0.0279. The van der Waals surface area contributed by atoms with Gasteiger partial charge in [0.2, 0.25) is 0 Å². The topological polar surface area (TPSA) is 72.1 Å². The van der Waals surface area contributed by atoms with Crippen LogP contribution in [-0.2, 0) is 16.0 Å². The Morgan fingerprint density at radius 3 is 2.80 bits per heavy atom. The highest BCUT2D eigenvalue weighted by Gasteiger charge is 2.08. The number of rotatable bonds is 3. The number of aromatic amines is 1. The molecule has 0 fully saturated rings. The minimum atomic E-state index is -0.400. The van der Waals surface area contributed by atoms with E-state index in [-0.39, 0.29) is 17.9 Å². The number of nitrogens with zero attached hydrogens (tertiary/aromatic N) is 1. The van der Waals surface area contributed by atoms with Crippen LogP contribution in [0.1, 0.15) is 31.3 Å². The molecule has 0 saturated heterocycles. The van der Waals surface area contributed by atoms with E-state index in [0.29, 0.717) is 11.5 Å². The fourth-order valence-corrected chi connectivity index (χ4v) is 1.11. The van der Waals surface area contributed by atoms with E-state index >= 15 is 0 Å². The highest BCUT2D eigenvalue weighted by molar-refractivity contribution is 5.71. The molecule has 0 aliphatic rings. The number of carbonyl (C=O) groups excluding carboxylic acids is 1. The van der Waals surface area contributed by atoms with E-state index in [1.54, 1.807) is 0 Å². The molecule has 0 aliphatic carbocycles. The van der Waals surface area contributed by atoms with Gasteiger partial charge in [0.1, 0.15) is 5.82 Å². The Bertz CT molecular complexity index is 409. The third kappa shape index (κ3) is 3.19. The Hall–Kier alpha value is -1.65. The normalized spacial score (nSPS) is 10.4. The summed E-state index contributed by atoms with van der Waals surface area (Å²) < 4.78 is 4.50. The van der Waals surface area contributed by atoms with Gasteiger partial charge in [-0.15, -0.1) is 0 Å². The van der Waals surface area contributed by atoms with Crippen molar-refractivity contribution < 1.29 is 9.53 Å². The first-order valence-electron chi connectivity index (χ1n) is 4.70. The van der Waals surface area contributed by atoms with Gasteiger partial charge < -0.3 is 9.72 Å². The van der Waals surface area contributed by atoms with Crippen molar-refractivity contribution in [3.8, 4) is 0 Å². The molecular weight excluding hydrogens is 196 g/mol. The van der Waals surface area contributed by atoms with E-state index in [1.165, 1.54) is 13.2 Å². The predicted octanol–water partition coefficient (Wildman–Crippen LogP) is 0.609. The molecule has 5 nitrogen and oxygen atoms in total. The minimum absolute atomic E-state index is 0.0279. The number of H-pyrrole nitrogens is 1. The van der Waals surface area contributed by atoms with Gasteiger partial charge in [-0.3, -0.25) is 9.59 Å². The molecule has 1 aromatic heterocycles. The van der Waals surface area contributed by atoms with Gasteiger partial charge in [-0.05, 0) is 0 Å². The zero-order chi connectivity index (χ0) is 11.4. The van der Waals surface area contributed by atoms with Gasteiger partial charge >= 0.3 is 5.97 Å². The van der Waals surface area contributed by atoms with Gasteiger partial charge in [0, 0.05) is 12.0 Å². The van der Waals surface area contributed by atoms with Gasteiger partial charge in [0.15, 0.2) is 0 Å². The SMILES string of the molecule is COC(=O)Cc1cc(=O)[nH]c(C(C)C)n1. The van der Waals surface area contributed by atoms with Crippen LogP contribution in [0.4, 0.5) is 0 Å². The smallest absolute Gasteiger partial charge is 0.311 e. The highest BCUT2D eigenvalue weighted by Crippen LogP contribution is 2.06. The van der Waals surface area contributed by atoms with Crippen molar-refractivity contribution in [3.05, 3.63) is 27.9 Å². The van der Waals surface area contributed by atoms with E-state index in [0.717, 1.165) is 0 Å². The molecule has 0 saturated carbocycles. The molecule has 0 aliphatic heterocycles. The zero-order valence-corrected chi connectivity index (χ0v) is 9.03. The number of esters is 1. The molecule has 0 amide bonds. The Kier molecular flexibility index (Phi) is 3.60. The third-order valence-electron chi connectivity index (χ3n) is 1.91. The predicted molar refractivity (Wildman–Crippen MR) is 54.7 cm³/mol. The van der Waals surface area contributed by atoms with E-state index in [2.05, 4.69) is 14.7 Å². The first-order chi connectivity index (χ1) is 7.02. The zero-order valence-electron chi connectivity index (χ0n) is 9.03. The van der Waals surface area contributed by atoms with Crippen molar-refractivity contribution >= 4 is 5.97 Å². The molecule has 0 unspecified atom stereocenters.